The molecule has 46 heavy (non-hydrogen) atoms. The number of para-hydroxylation sites is 2. The van der Waals surface area contributed by atoms with E-state index in [1.54, 1.807) is 18.2 Å². The predicted molar refractivity (Wildman–Crippen MR) is 176 cm³/mol. The number of hydrogen-bond donors (Lipinski definition) is 1. The summed E-state index contributed by atoms with van der Waals surface area (Å²) in [5.74, 6) is 0.741. The van der Waals surface area contributed by atoms with Crippen molar-refractivity contribution in [1.82, 2.24) is 19.5 Å². The molecular weight excluding hydrogens is 585 g/mol. The second-order valence-electron chi connectivity index (χ2n) is 12.3. The molecule has 2 aromatic heterocycles. The second kappa shape index (κ2) is 10.8. The van der Waals surface area contributed by atoms with Crippen LogP contribution >= 0.6 is 0 Å². The topological polar surface area (TPSA) is 63.8 Å². The number of phenols is 1. The van der Waals surface area contributed by atoms with Gasteiger partial charge in [-0.2, -0.15) is 13.2 Å². The summed E-state index contributed by atoms with van der Waals surface area (Å²) < 4.78 is 43.9. The van der Waals surface area contributed by atoms with Crippen LogP contribution in [0, 0.1) is 0 Å². The number of rotatable bonds is 4. The number of hydrogen-bond acceptors (Lipinski definition) is 4. The number of alkyl halides is 3. The fourth-order valence-electron chi connectivity index (χ4n) is 5.87. The van der Waals surface area contributed by atoms with Crippen molar-refractivity contribution in [2.45, 2.75) is 32.4 Å². The van der Waals surface area contributed by atoms with Gasteiger partial charge >= 0.3 is 6.18 Å². The van der Waals surface area contributed by atoms with Crippen LogP contribution in [0.2, 0.25) is 0 Å². The lowest BCUT2D eigenvalue weighted by molar-refractivity contribution is -0.137. The summed E-state index contributed by atoms with van der Waals surface area (Å²) in [4.78, 5) is 13.7. The summed E-state index contributed by atoms with van der Waals surface area (Å²) in [5, 5.41) is 10.7. The van der Waals surface area contributed by atoms with E-state index in [1.807, 2.05) is 48.5 Å². The monoisotopic (exact) mass is 614 g/mol. The molecule has 2 heterocycles. The number of benzene rings is 5. The fraction of sp³-hybridized carbons (Fsp3) is 0.132. The highest BCUT2D eigenvalue weighted by atomic mass is 19.4. The van der Waals surface area contributed by atoms with Crippen LogP contribution in [0.4, 0.5) is 13.2 Å². The zero-order chi connectivity index (χ0) is 32.2. The molecule has 0 amide bonds. The molecule has 0 atom stereocenters. The summed E-state index contributed by atoms with van der Waals surface area (Å²) in [6.07, 6.45) is -1.69. The molecule has 0 bridgehead atoms. The van der Waals surface area contributed by atoms with Crippen molar-refractivity contribution >= 4 is 22.1 Å². The summed E-state index contributed by atoms with van der Waals surface area (Å²) in [7, 11) is 0. The van der Waals surface area contributed by atoms with Gasteiger partial charge in [-0.1, -0.05) is 81.4 Å². The molecule has 5 aromatic carbocycles. The third-order valence-electron chi connectivity index (χ3n) is 8.20. The van der Waals surface area contributed by atoms with Gasteiger partial charge in [-0.25, -0.2) is 4.98 Å². The molecule has 0 spiro atoms. The van der Waals surface area contributed by atoms with Gasteiger partial charge in [-0.3, -0.25) is 14.5 Å². The van der Waals surface area contributed by atoms with Crippen molar-refractivity contribution in [2.75, 3.05) is 0 Å². The predicted octanol–water partition coefficient (Wildman–Crippen LogP) is 9.99. The van der Waals surface area contributed by atoms with Gasteiger partial charge in [0.25, 0.3) is 0 Å². The van der Waals surface area contributed by atoms with Crippen LogP contribution in [0.3, 0.4) is 0 Å². The Hall–Kier alpha value is -5.50. The first-order valence-corrected chi connectivity index (χ1v) is 14.8. The highest BCUT2D eigenvalue weighted by Gasteiger charge is 2.32. The van der Waals surface area contributed by atoms with Crippen LogP contribution in [0.25, 0.3) is 61.4 Å². The Morgan fingerprint density at radius 3 is 2.07 bits per heavy atom. The van der Waals surface area contributed by atoms with E-state index in [1.165, 1.54) is 18.0 Å². The van der Waals surface area contributed by atoms with Crippen molar-refractivity contribution in [1.29, 1.82) is 0 Å². The van der Waals surface area contributed by atoms with Gasteiger partial charge in [0.2, 0.25) is 0 Å². The lowest BCUT2D eigenvalue weighted by Crippen LogP contribution is -2.11. The van der Waals surface area contributed by atoms with Crippen LogP contribution in [-0.4, -0.2) is 24.6 Å². The number of aromatic nitrogens is 4. The fourth-order valence-corrected chi connectivity index (χ4v) is 5.87. The van der Waals surface area contributed by atoms with Crippen LogP contribution in [-0.2, 0) is 11.6 Å². The minimum atomic E-state index is -4.55. The molecule has 0 aliphatic rings. The van der Waals surface area contributed by atoms with Crippen LogP contribution in [0.5, 0.6) is 5.75 Å². The van der Waals surface area contributed by atoms with Gasteiger partial charge in [-0.05, 0) is 59.0 Å². The van der Waals surface area contributed by atoms with Gasteiger partial charge < -0.3 is 5.11 Å². The summed E-state index contributed by atoms with van der Waals surface area (Å²) in [6.45, 7) is 6.48. The first-order chi connectivity index (χ1) is 22.0. The number of phenolic OH excluding ortho intramolecular Hbond substituents is 1. The van der Waals surface area contributed by atoms with E-state index in [0.717, 1.165) is 28.9 Å². The number of aromatic hydroxyl groups is 1. The molecule has 0 fully saturated rings. The van der Waals surface area contributed by atoms with E-state index in [2.05, 4.69) is 59.6 Å². The van der Waals surface area contributed by atoms with E-state index >= 15 is 0 Å². The average Bonchev–Trinajstić information content (AvgIpc) is 3.44. The normalized spacial score (nSPS) is 12.2. The standard InChI is InChI=1S/C38H29F3N4O/c1-37(2,3)25-14-16-27(17-15-25)45-32-12-7-11-29(28-10-4-5-13-33(28)46)35(32)44-36(45)24-9-6-8-23(20-24)30-21-26(38(39,40)41)22-31-34(30)43-19-18-42-31/h4-22,46H,1-3H3. The molecule has 0 unspecified atom stereocenters. The third kappa shape index (κ3) is 5.15. The summed E-state index contributed by atoms with van der Waals surface area (Å²) in [6, 6.07) is 30.7. The molecule has 228 valence electrons. The van der Waals surface area contributed by atoms with E-state index in [4.69, 9.17) is 4.98 Å². The highest BCUT2D eigenvalue weighted by Crippen LogP contribution is 2.40. The first kappa shape index (κ1) is 29.2. The molecule has 0 aliphatic carbocycles. The van der Waals surface area contributed by atoms with Gasteiger partial charge in [-0.15, -0.1) is 0 Å². The lowest BCUT2D eigenvalue weighted by atomic mass is 9.87. The Kier molecular flexibility index (Phi) is 6.89. The van der Waals surface area contributed by atoms with Gasteiger partial charge in [0.15, 0.2) is 0 Å². The van der Waals surface area contributed by atoms with Crippen molar-refractivity contribution in [3.8, 4) is 45.1 Å². The smallest absolute Gasteiger partial charge is 0.416 e. The molecule has 7 aromatic rings. The molecule has 7 rings (SSSR count). The molecule has 0 radical (unpaired) electrons. The highest BCUT2D eigenvalue weighted by molar-refractivity contribution is 5.97. The van der Waals surface area contributed by atoms with Gasteiger partial charge in [0, 0.05) is 40.3 Å². The number of halogens is 3. The van der Waals surface area contributed by atoms with Crippen molar-refractivity contribution in [2.24, 2.45) is 0 Å². The molecule has 0 saturated carbocycles. The minimum Gasteiger partial charge on any atom is -0.507 e. The molecule has 5 nitrogen and oxygen atoms in total. The first-order valence-electron chi connectivity index (χ1n) is 14.8. The Morgan fingerprint density at radius 2 is 1.33 bits per heavy atom. The lowest BCUT2D eigenvalue weighted by Gasteiger charge is -2.20. The van der Waals surface area contributed by atoms with Crippen LogP contribution in [0.1, 0.15) is 31.9 Å². The molecular formula is C38H29F3N4O. The maximum Gasteiger partial charge on any atom is 0.416 e. The van der Waals surface area contributed by atoms with Crippen LogP contribution < -0.4 is 0 Å². The van der Waals surface area contributed by atoms with Gasteiger partial charge in [0.1, 0.15) is 11.6 Å². The Labute approximate surface area is 263 Å². The maximum absolute atomic E-state index is 13.9. The van der Waals surface area contributed by atoms with Crippen molar-refractivity contribution in [3.05, 3.63) is 127 Å². The van der Waals surface area contributed by atoms with E-state index in [9.17, 15) is 18.3 Å². The molecule has 0 aliphatic heterocycles. The molecule has 1 N–H and O–H groups in total. The zero-order valence-electron chi connectivity index (χ0n) is 25.3. The van der Waals surface area contributed by atoms with E-state index in [0.29, 0.717) is 39.1 Å². The Morgan fingerprint density at radius 1 is 0.630 bits per heavy atom. The SMILES string of the molecule is CC(C)(C)c1ccc(-n2c(-c3cccc(-c4cc(C(F)(F)F)cc5nccnc45)c3)nc3c(-c4ccccc4O)cccc32)cc1. The van der Waals surface area contributed by atoms with E-state index in [-0.39, 0.29) is 16.7 Å². The summed E-state index contributed by atoms with van der Waals surface area (Å²) >= 11 is 0. The summed E-state index contributed by atoms with van der Waals surface area (Å²) in [5.41, 5.74) is 6.25. The van der Waals surface area contributed by atoms with E-state index < -0.39 is 11.7 Å². The second-order valence-corrected chi connectivity index (χ2v) is 12.3. The number of nitrogens with zero attached hydrogens (tertiary/aromatic N) is 4. The largest absolute Gasteiger partial charge is 0.507 e. The minimum absolute atomic E-state index is 0.0404. The third-order valence-corrected chi connectivity index (χ3v) is 8.20. The quantitative estimate of drug-likeness (QED) is 0.214. The zero-order valence-corrected chi connectivity index (χ0v) is 25.3. The Balaban J connectivity index is 1.48. The van der Waals surface area contributed by atoms with Crippen molar-refractivity contribution < 1.29 is 18.3 Å². The van der Waals surface area contributed by atoms with Gasteiger partial charge in [0.05, 0.1) is 27.6 Å². The average molecular weight is 615 g/mol. The van der Waals surface area contributed by atoms with Crippen LogP contribution in [0.15, 0.2) is 116 Å². The molecule has 8 heteroatoms. The number of fused-ring (bicyclic) bond motifs is 2. The molecule has 0 saturated heterocycles. The van der Waals surface area contributed by atoms with Crippen molar-refractivity contribution in [3.63, 3.8) is 0 Å². The maximum atomic E-state index is 13.9. The number of imidazole rings is 1. The Bertz CT molecular complexity index is 2250.